The molecule has 0 aliphatic heterocycles. The summed E-state index contributed by atoms with van der Waals surface area (Å²) in [5, 5.41) is 5.05. The summed E-state index contributed by atoms with van der Waals surface area (Å²) in [6, 6.07) is 57.9. The predicted molar refractivity (Wildman–Crippen MR) is 238 cm³/mol. The summed E-state index contributed by atoms with van der Waals surface area (Å²) in [5.41, 5.74) is 14.1. The molecule has 2 aliphatic carbocycles. The maximum atomic E-state index is 9.08. The van der Waals surface area contributed by atoms with E-state index in [1.165, 1.54) is 78.7 Å². The average Bonchev–Trinajstić information content (AvgIpc) is 3.80. The molecule has 0 N–H and O–H groups in total. The van der Waals surface area contributed by atoms with Crippen LogP contribution in [-0.2, 0) is 0 Å². The molecule has 11 rings (SSSR count). The van der Waals surface area contributed by atoms with Crippen LogP contribution in [0.5, 0.6) is 0 Å². The normalized spacial score (nSPS) is 17.4. The minimum absolute atomic E-state index is 0.436. The zero-order valence-electron chi connectivity index (χ0n) is 34.0. The van der Waals surface area contributed by atoms with E-state index in [0.717, 1.165) is 73.9 Å². The Balaban J connectivity index is 0.974. The first-order valence-corrected chi connectivity index (χ1v) is 20.9. The summed E-state index contributed by atoms with van der Waals surface area (Å²) in [6.07, 6.45) is 11.0. The lowest BCUT2D eigenvalue weighted by molar-refractivity contribution is 0.443. The number of aromatic nitrogens is 2. The Kier molecular flexibility index (Phi) is 7.85. The number of benzene rings is 7. The van der Waals surface area contributed by atoms with Gasteiger partial charge in [0.15, 0.2) is 0 Å². The lowest BCUT2D eigenvalue weighted by Crippen LogP contribution is -2.04. The van der Waals surface area contributed by atoms with Gasteiger partial charge in [-0.05, 0) is 119 Å². The molecule has 0 saturated heterocycles. The third kappa shape index (κ3) is 5.69. The van der Waals surface area contributed by atoms with E-state index < -0.39 is 11.8 Å². The molecule has 0 amide bonds. The fraction of sp³-hybridized carbons (Fsp3) is 0.222. The van der Waals surface area contributed by atoms with E-state index >= 15 is 0 Å². The maximum absolute atomic E-state index is 9.08. The van der Waals surface area contributed by atoms with Gasteiger partial charge in [0.1, 0.15) is 0 Å². The van der Waals surface area contributed by atoms with Crippen molar-refractivity contribution in [2.45, 2.75) is 76.0 Å². The van der Waals surface area contributed by atoms with Gasteiger partial charge in [-0.2, -0.15) is 0 Å². The number of fused-ring (bicyclic) bond motifs is 7. The van der Waals surface area contributed by atoms with E-state index in [-0.39, 0.29) is 0 Å². The number of nitrogens with zero attached hydrogens (tertiary/aromatic N) is 2. The van der Waals surface area contributed by atoms with Crippen LogP contribution in [0.15, 0.2) is 158 Å². The van der Waals surface area contributed by atoms with Gasteiger partial charge in [-0.25, -0.2) is 0 Å². The molecule has 9 aromatic rings. The molecule has 2 saturated carbocycles. The zero-order chi connectivity index (χ0) is 38.8. The lowest BCUT2D eigenvalue weighted by atomic mass is 9.84. The van der Waals surface area contributed by atoms with Crippen molar-refractivity contribution in [3.8, 4) is 33.6 Å². The molecule has 2 aliphatic rings. The molecular weight excluding hydrogens is 677 g/mol. The molecule has 2 aromatic heterocycles. The minimum Gasteiger partial charge on any atom is -0.309 e. The van der Waals surface area contributed by atoms with Crippen molar-refractivity contribution < 1.29 is 2.74 Å². The third-order valence-corrected chi connectivity index (χ3v) is 12.9. The Morgan fingerprint density at radius 1 is 0.339 bits per heavy atom. The fourth-order valence-electron chi connectivity index (χ4n) is 10.0. The second-order valence-electron chi connectivity index (χ2n) is 16.1. The van der Waals surface area contributed by atoms with Gasteiger partial charge in [0.2, 0.25) is 0 Å². The molecule has 0 spiro atoms. The van der Waals surface area contributed by atoms with Gasteiger partial charge >= 0.3 is 0 Å². The molecule has 0 radical (unpaired) electrons. The summed E-state index contributed by atoms with van der Waals surface area (Å²) in [4.78, 5) is 0. The standard InChI is InChI=1S/C54H48N2/c1-3-11-37(12-4-1)39-19-23-41(24-20-39)43-27-31-45(32-28-43)55-49-17-9-7-15-47(49)53-51(55)35-36-52-54(53)48-16-8-10-18-50(48)56(52)46-33-29-44(30-34-46)42-25-21-40(22-26-42)38-13-5-2-6-14-38/h7-10,15-38H,1-6,11-14H2/i37D,38D. The van der Waals surface area contributed by atoms with Crippen molar-refractivity contribution >= 4 is 43.6 Å². The van der Waals surface area contributed by atoms with Crippen LogP contribution in [0.3, 0.4) is 0 Å². The quantitative estimate of drug-likeness (QED) is 0.161. The molecule has 274 valence electrons. The number of hydrogen-bond acceptors (Lipinski definition) is 0. The van der Waals surface area contributed by atoms with E-state index in [4.69, 9.17) is 2.74 Å². The minimum atomic E-state index is -0.436. The summed E-state index contributed by atoms with van der Waals surface area (Å²) in [7, 11) is 0. The molecule has 56 heavy (non-hydrogen) atoms. The highest BCUT2D eigenvalue weighted by Gasteiger charge is 2.21. The van der Waals surface area contributed by atoms with Crippen molar-refractivity contribution in [2.24, 2.45) is 0 Å². The average molecular weight is 727 g/mol. The smallest absolute Gasteiger partial charge is 0.0548 e. The molecule has 2 heteroatoms. The fourth-order valence-corrected chi connectivity index (χ4v) is 10.0. The van der Waals surface area contributed by atoms with E-state index in [1.807, 2.05) is 0 Å². The predicted octanol–water partition coefficient (Wildman–Crippen LogP) is 15.3. The van der Waals surface area contributed by atoms with Gasteiger partial charge in [0.05, 0.1) is 22.1 Å². The van der Waals surface area contributed by atoms with Crippen LogP contribution in [0.25, 0.3) is 77.2 Å². The first kappa shape index (κ1) is 31.4. The highest BCUT2D eigenvalue weighted by molar-refractivity contribution is 6.28. The van der Waals surface area contributed by atoms with Crippen LogP contribution in [0.2, 0.25) is 0 Å². The van der Waals surface area contributed by atoms with Crippen LogP contribution >= 0.6 is 0 Å². The first-order chi connectivity index (χ1) is 28.5. The Labute approximate surface area is 332 Å². The second kappa shape index (κ2) is 14.0. The number of hydrogen-bond donors (Lipinski definition) is 0. The van der Waals surface area contributed by atoms with Crippen LogP contribution < -0.4 is 0 Å². The van der Waals surface area contributed by atoms with E-state index in [2.05, 4.69) is 167 Å². The topological polar surface area (TPSA) is 9.86 Å². The van der Waals surface area contributed by atoms with Crippen LogP contribution in [0, 0.1) is 0 Å². The first-order valence-electron chi connectivity index (χ1n) is 21.9. The van der Waals surface area contributed by atoms with Gasteiger partial charge in [-0.1, -0.05) is 148 Å². The highest BCUT2D eigenvalue weighted by Crippen LogP contribution is 2.43. The maximum Gasteiger partial charge on any atom is 0.0548 e. The van der Waals surface area contributed by atoms with Gasteiger partial charge in [0.25, 0.3) is 0 Å². The second-order valence-corrected chi connectivity index (χ2v) is 16.1. The Bertz CT molecular complexity index is 2730. The van der Waals surface area contributed by atoms with Crippen LogP contribution in [-0.4, -0.2) is 9.13 Å². The van der Waals surface area contributed by atoms with Gasteiger partial charge < -0.3 is 9.13 Å². The van der Waals surface area contributed by atoms with E-state index in [1.54, 1.807) is 0 Å². The van der Waals surface area contributed by atoms with Crippen molar-refractivity contribution in [3.05, 3.63) is 169 Å². The summed E-state index contributed by atoms with van der Waals surface area (Å²) in [6.45, 7) is 0. The van der Waals surface area contributed by atoms with Crippen molar-refractivity contribution in [3.63, 3.8) is 0 Å². The molecule has 2 nitrogen and oxygen atoms in total. The van der Waals surface area contributed by atoms with Gasteiger partial charge in [-0.15, -0.1) is 0 Å². The largest absolute Gasteiger partial charge is 0.309 e. The molecule has 2 heterocycles. The van der Waals surface area contributed by atoms with Crippen molar-refractivity contribution in [1.29, 1.82) is 0 Å². The number of para-hydroxylation sites is 2. The third-order valence-electron chi connectivity index (χ3n) is 12.9. The number of rotatable bonds is 6. The van der Waals surface area contributed by atoms with E-state index in [9.17, 15) is 0 Å². The van der Waals surface area contributed by atoms with Gasteiger partial charge in [-0.3, -0.25) is 0 Å². The van der Waals surface area contributed by atoms with Crippen LogP contribution in [0.1, 0.15) is 89.9 Å². The zero-order valence-corrected chi connectivity index (χ0v) is 32.0. The monoisotopic (exact) mass is 726 g/mol. The lowest BCUT2D eigenvalue weighted by Gasteiger charge is -2.22. The molecule has 0 bridgehead atoms. The Hall–Kier alpha value is -5.86. The molecule has 7 aromatic carbocycles. The summed E-state index contributed by atoms with van der Waals surface area (Å²) < 4.78 is 23.0. The Morgan fingerprint density at radius 2 is 0.679 bits per heavy atom. The molecule has 0 atom stereocenters. The van der Waals surface area contributed by atoms with Crippen molar-refractivity contribution in [2.75, 3.05) is 0 Å². The van der Waals surface area contributed by atoms with Crippen molar-refractivity contribution in [1.82, 2.24) is 9.13 Å². The Morgan fingerprint density at radius 3 is 1.05 bits per heavy atom. The van der Waals surface area contributed by atoms with Gasteiger partial charge in [0, 0.05) is 35.7 Å². The van der Waals surface area contributed by atoms with Crippen LogP contribution in [0.4, 0.5) is 0 Å². The molecule has 2 fully saturated rings. The molecular formula is C54H48N2. The molecule has 0 unspecified atom stereocenters. The highest BCUT2D eigenvalue weighted by atomic mass is 15.0. The summed E-state index contributed by atoms with van der Waals surface area (Å²) in [5.74, 6) is -0.872. The SMILES string of the molecule is [2H]C1(c2ccc(-c3ccc(-n4c5ccccc5c5c6c7ccccc7n(-c7ccc(-c8ccc(C9([2H])CCCCC9)cc8)cc7)c6ccc54)cc3)cc2)CCCCC1. The van der Waals surface area contributed by atoms with E-state index in [0.29, 0.717) is 0 Å². The summed E-state index contributed by atoms with van der Waals surface area (Å²) >= 11 is 0.